The summed E-state index contributed by atoms with van der Waals surface area (Å²) < 4.78 is 0. The molecule has 0 radical (unpaired) electrons. The lowest BCUT2D eigenvalue weighted by Crippen LogP contribution is -2.24. The lowest BCUT2D eigenvalue weighted by atomic mass is 10.2. The van der Waals surface area contributed by atoms with Gasteiger partial charge < -0.3 is 10.7 Å². The van der Waals surface area contributed by atoms with Crippen molar-refractivity contribution in [2.75, 3.05) is 6.54 Å². The van der Waals surface area contributed by atoms with Crippen LogP contribution < -0.4 is 16.6 Å². The summed E-state index contributed by atoms with van der Waals surface area (Å²) in [6, 6.07) is 0. The van der Waals surface area contributed by atoms with E-state index in [-0.39, 0.29) is 0 Å². The number of nitrogens with two attached hydrogens (primary N) is 1. The van der Waals surface area contributed by atoms with Crippen LogP contribution in [0.25, 0.3) is 0 Å². The first-order valence-electron chi connectivity index (χ1n) is 6.59. The van der Waals surface area contributed by atoms with Gasteiger partial charge in [0, 0.05) is 18.4 Å². The molecule has 0 aliphatic carbocycles. The highest BCUT2D eigenvalue weighted by Crippen LogP contribution is 2.04. The molecule has 0 aromatic rings. The van der Waals surface area contributed by atoms with Gasteiger partial charge in [0.15, 0.2) is 0 Å². The van der Waals surface area contributed by atoms with Crippen molar-refractivity contribution in [3.8, 4) is 0 Å². The summed E-state index contributed by atoms with van der Waals surface area (Å²) in [4.78, 5) is 0. The molecule has 4 N–H and O–H groups in total. The van der Waals surface area contributed by atoms with Gasteiger partial charge in [-0.1, -0.05) is 47.5 Å². The van der Waals surface area contributed by atoms with E-state index in [4.69, 9.17) is 5.84 Å². The van der Waals surface area contributed by atoms with E-state index in [2.05, 4.69) is 31.5 Å². The normalized spacial score (nSPS) is 10.8. The lowest BCUT2D eigenvalue weighted by molar-refractivity contribution is 0.601. The van der Waals surface area contributed by atoms with Gasteiger partial charge in [-0.25, -0.2) is 0 Å². The SMILES string of the molecule is CC.CCCCC/C(=C/NCC(C)C)NN. The Bertz CT molecular complexity index is 153. The molecule has 3 heteroatoms. The smallest absolute Gasteiger partial charge is 0.0415 e. The highest BCUT2D eigenvalue weighted by Gasteiger charge is 1.95. The third-order valence-corrected chi connectivity index (χ3v) is 2.04. The number of hydrazine groups is 1. The van der Waals surface area contributed by atoms with Gasteiger partial charge in [0.1, 0.15) is 0 Å². The molecular formula is C13H31N3. The minimum absolute atomic E-state index is 0.668. The summed E-state index contributed by atoms with van der Waals surface area (Å²) in [5.74, 6) is 6.08. The quantitative estimate of drug-likeness (QED) is 0.340. The maximum absolute atomic E-state index is 5.41. The molecule has 0 saturated heterocycles. The molecule has 0 spiro atoms. The van der Waals surface area contributed by atoms with Crippen LogP contribution in [0, 0.1) is 5.92 Å². The van der Waals surface area contributed by atoms with E-state index in [0.717, 1.165) is 18.7 Å². The van der Waals surface area contributed by atoms with Crippen LogP contribution in [0.5, 0.6) is 0 Å². The molecule has 0 atom stereocenters. The predicted molar refractivity (Wildman–Crippen MR) is 73.7 cm³/mol. The van der Waals surface area contributed by atoms with Gasteiger partial charge in [-0.05, 0) is 18.8 Å². The fraction of sp³-hybridized carbons (Fsp3) is 0.846. The molecule has 3 nitrogen and oxygen atoms in total. The fourth-order valence-electron chi connectivity index (χ4n) is 1.17. The molecule has 0 rings (SSSR count). The Morgan fingerprint density at radius 3 is 2.31 bits per heavy atom. The van der Waals surface area contributed by atoms with Gasteiger partial charge >= 0.3 is 0 Å². The van der Waals surface area contributed by atoms with E-state index >= 15 is 0 Å². The Hall–Kier alpha value is -0.700. The number of hydrogen-bond donors (Lipinski definition) is 3. The van der Waals surface area contributed by atoms with Crippen molar-refractivity contribution in [2.45, 2.75) is 60.3 Å². The Labute approximate surface area is 102 Å². The predicted octanol–water partition coefficient (Wildman–Crippen LogP) is 3.14. The second kappa shape index (κ2) is 14.3. The van der Waals surface area contributed by atoms with Crippen molar-refractivity contribution in [1.82, 2.24) is 10.7 Å². The molecule has 0 aliphatic rings. The maximum Gasteiger partial charge on any atom is 0.0415 e. The highest BCUT2D eigenvalue weighted by molar-refractivity contribution is 4.96. The fourth-order valence-corrected chi connectivity index (χ4v) is 1.17. The molecule has 98 valence electrons. The summed E-state index contributed by atoms with van der Waals surface area (Å²) in [6.45, 7) is 11.6. The Morgan fingerprint density at radius 1 is 1.25 bits per heavy atom. The van der Waals surface area contributed by atoms with Crippen molar-refractivity contribution in [1.29, 1.82) is 0 Å². The molecule has 0 aromatic heterocycles. The number of unbranched alkanes of at least 4 members (excludes halogenated alkanes) is 2. The summed E-state index contributed by atoms with van der Waals surface area (Å²) in [6.07, 6.45) is 6.75. The topological polar surface area (TPSA) is 50.1 Å². The second-order valence-corrected chi connectivity index (χ2v) is 4.07. The summed E-state index contributed by atoms with van der Waals surface area (Å²) in [5.41, 5.74) is 3.83. The van der Waals surface area contributed by atoms with Crippen molar-refractivity contribution in [3.63, 3.8) is 0 Å². The zero-order valence-electron chi connectivity index (χ0n) is 11.8. The minimum atomic E-state index is 0.668. The van der Waals surface area contributed by atoms with Gasteiger partial charge in [-0.15, -0.1) is 0 Å². The van der Waals surface area contributed by atoms with E-state index in [1.54, 1.807) is 0 Å². The zero-order valence-corrected chi connectivity index (χ0v) is 11.8. The van der Waals surface area contributed by atoms with Gasteiger partial charge in [0.2, 0.25) is 0 Å². The first-order valence-corrected chi connectivity index (χ1v) is 6.59. The second-order valence-electron chi connectivity index (χ2n) is 4.07. The van der Waals surface area contributed by atoms with E-state index in [1.807, 2.05) is 20.0 Å². The lowest BCUT2D eigenvalue weighted by Gasteiger charge is -2.09. The van der Waals surface area contributed by atoms with Crippen molar-refractivity contribution < 1.29 is 0 Å². The van der Waals surface area contributed by atoms with Crippen LogP contribution in [0.15, 0.2) is 11.9 Å². The molecular weight excluding hydrogens is 198 g/mol. The van der Waals surface area contributed by atoms with Crippen LogP contribution >= 0.6 is 0 Å². The molecule has 0 unspecified atom stereocenters. The molecule has 0 aliphatic heterocycles. The average molecular weight is 229 g/mol. The minimum Gasteiger partial charge on any atom is -0.389 e. The van der Waals surface area contributed by atoms with Crippen LogP contribution in [0.3, 0.4) is 0 Å². The first-order chi connectivity index (χ1) is 7.70. The number of rotatable bonds is 8. The van der Waals surface area contributed by atoms with E-state index in [0.29, 0.717) is 5.92 Å². The van der Waals surface area contributed by atoms with E-state index < -0.39 is 0 Å². The number of allylic oxidation sites excluding steroid dienone is 1. The molecule has 0 amide bonds. The molecule has 0 saturated carbocycles. The number of hydrogen-bond acceptors (Lipinski definition) is 3. The summed E-state index contributed by atoms with van der Waals surface area (Å²) in [7, 11) is 0. The van der Waals surface area contributed by atoms with Crippen LogP contribution in [-0.2, 0) is 0 Å². The van der Waals surface area contributed by atoms with E-state index in [1.165, 1.54) is 19.3 Å². The van der Waals surface area contributed by atoms with Crippen molar-refractivity contribution in [2.24, 2.45) is 11.8 Å². The maximum atomic E-state index is 5.41. The largest absolute Gasteiger partial charge is 0.389 e. The molecule has 16 heavy (non-hydrogen) atoms. The van der Waals surface area contributed by atoms with Crippen LogP contribution in [0.4, 0.5) is 0 Å². The third kappa shape index (κ3) is 13.3. The zero-order chi connectivity index (χ0) is 12.8. The van der Waals surface area contributed by atoms with Gasteiger partial charge in [-0.2, -0.15) is 0 Å². The summed E-state index contributed by atoms with van der Waals surface area (Å²) in [5, 5.41) is 3.26. The van der Waals surface area contributed by atoms with Gasteiger partial charge in [0.05, 0.1) is 0 Å². The van der Waals surface area contributed by atoms with Crippen molar-refractivity contribution in [3.05, 3.63) is 11.9 Å². The van der Waals surface area contributed by atoms with E-state index in [9.17, 15) is 0 Å². The van der Waals surface area contributed by atoms with Crippen LogP contribution in [0.2, 0.25) is 0 Å². The Morgan fingerprint density at radius 2 is 1.88 bits per heavy atom. The monoisotopic (exact) mass is 229 g/mol. The Balaban J connectivity index is 0. The highest BCUT2D eigenvalue weighted by atomic mass is 15.2. The van der Waals surface area contributed by atoms with Gasteiger partial charge in [0.25, 0.3) is 0 Å². The third-order valence-electron chi connectivity index (χ3n) is 2.04. The average Bonchev–Trinajstić information content (AvgIpc) is 2.29. The number of nitrogens with one attached hydrogen (secondary N) is 2. The molecule has 0 heterocycles. The van der Waals surface area contributed by atoms with Crippen LogP contribution in [-0.4, -0.2) is 6.54 Å². The summed E-state index contributed by atoms with van der Waals surface area (Å²) >= 11 is 0. The van der Waals surface area contributed by atoms with Crippen LogP contribution in [0.1, 0.15) is 60.3 Å². The first kappa shape index (κ1) is 17.7. The molecule has 0 bridgehead atoms. The molecule has 0 aromatic carbocycles. The Kier molecular flexibility index (Phi) is 15.8. The van der Waals surface area contributed by atoms with Crippen molar-refractivity contribution >= 4 is 0 Å². The standard InChI is InChI=1S/C11H25N3.C2H6/c1-4-5-6-7-11(14-12)9-13-8-10(2)3;1-2/h9-10,13-14H,4-8,12H2,1-3H3;1-2H3/b11-9-;. The molecule has 0 fully saturated rings. The van der Waals surface area contributed by atoms with Gasteiger partial charge in [-0.3, -0.25) is 5.84 Å².